The molecule has 0 spiro atoms. The molecule has 1 aromatic rings. The van der Waals surface area contributed by atoms with Crippen LogP contribution in [0, 0.1) is 35.0 Å². The fraction of sp³-hybridized carbons (Fsp3) is 0.652. The van der Waals surface area contributed by atoms with Gasteiger partial charge in [0.25, 0.3) is 0 Å². The largest absolute Gasteiger partial charge is 0.420 e. The van der Waals surface area contributed by atoms with Gasteiger partial charge in [0, 0.05) is 13.0 Å². The lowest BCUT2D eigenvalue weighted by Crippen LogP contribution is -2.26. The van der Waals surface area contributed by atoms with Crippen LogP contribution in [0.15, 0.2) is 0 Å². The van der Waals surface area contributed by atoms with Gasteiger partial charge >= 0.3 is 5.97 Å². The standard InChI is InChI=1S/C23H32F5NO7/c1-15(2)3-6-29-16(30)4-7-32-9-11-34-13-14-35-12-10-33-8-5-17(31)36-23-21(27)19(25)18(24)20(26)22(23)28/h15H,3-14H2,1-2H3,(H,29,30). The van der Waals surface area contributed by atoms with Crippen LogP contribution in [0.3, 0.4) is 0 Å². The topological polar surface area (TPSA) is 92.3 Å². The molecule has 0 fully saturated rings. The third-order valence-electron chi connectivity index (χ3n) is 4.47. The summed E-state index contributed by atoms with van der Waals surface area (Å²) in [6.07, 6.45) is 0.734. The van der Waals surface area contributed by atoms with Gasteiger partial charge in [0.2, 0.25) is 40.7 Å². The van der Waals surface area contributed by atoms with Crippen LogP contribution in [-0.4, -0.2) is 71.3 Å². The highest BCUT2D eigenvalue weighted by atomic mass is 19.2. The van der Waals surface area contributed by atoms with Crippen LogP contribution in [0.2, 0.25) is 0 Å². The summed E-state index contributed by atoms with van der Waals surface area (Å²) in [6.45, 7) is 6.39. The fourth-order valence-corrected chi connectivity index (χ4v) is 2.51. The van der Waals surface area contributed by atoms with Crippen molar-refractivity contribution in [2.24, 2.45) is 5.92 Å². The number of esters is 1. The molecular formula is C23H32F5NO7. The van der Waals surface area contributed by atoms with E-state index in [1.165, 1.54) is 0 Å². The number of rotatable bonds is 19. The van der Waals surface area contributed by atoms with Crippen LogP contribution in [0.25, 0.3) is 0 Å². The molecule has 1 N–H and O–H groups in total. The summed E-state index contributed by atoms with van der Waals surface area (Å²) < 4.78 is 91.2. The number of hydrogen-bond acceptors (Lipinski definition) is 7. The third kappa shape index (κ3) is 12.6. The highest BCUT2D eigenvalue weighted by Gasteiger charge is 2.28. The molecule has 13 heteroatoms. The van der Waals surface area contributed by atoms with Gasteiger partial charge in [0.1, 0.15) is 0 Å². The van der Waals surface area contributed by atoms with Gasteiger partial charge in [-0.05, 0) is 12.3 Å². The van der Waals surface area contributed by atoms with Crippen molar-refractivity contribution in [3.8, 4) is 5.75 Å². The van der Waals surface area contributed by atoms with Crippen molar-refractivity contribution in [2.45, 2.75) is 33.1 Å². The van der Waals surface area contributed by atoms with E-state index in [1.54, 1.807) is 0 Å². The van der Waals surface area contributed by atoms with E-state index in [0.29, 0.717) is 38.9 Å². The molecule has 1 rings (SSSR count). The zero-order valence-electron chi connectivity index (χ0n) is 20.3. The highest BCUT2D eigenvalue weighted by Crippen LogP contribution is 2.29. The molecule has 0 radical (unpaired) electrons. The molecule has 206 valence electrons. The maximum atomic E-state index is 13.5. The zero-order valence-corrected chi connectivity index (χ0v) is 20.3. The summed E-state index contributed by atoms with van der Waals surface area (Å²) in [7, 11) is 0. The van der Waals surface area contributed by atoms with Gasteiger partial charge in [-0.3, -0.25) is 9.59 Å². The summed E-state index contributed by atoms with van der Waals surface area (Å²) in [4.78, 5) is 23.1. The van der Waals surface area contributed by atoms with E-state index in [-0.39, 0.29) is 38.8 Å². The molecule has 0 aliphatic rings. The minimum absolute atomic E-state index is 0.0504. The summed E-state index contributed by atoms with van der Waals surface area (Å²) in [5, 5.41) is 2.82. The number of ether oxygens (including phenoxy) is 5. The van der Waals surface area contributed by atoms with Crippen LogP contribution in [0.1, 0.15) is 33.1 Å². The number of carbonyl (C=O) groups is 2. The quantitative estimate of drug-likeness (QED) is 0.0735. The molecule has 0 atom stereocenters. The molecule has 0 bridgehead atoms. The van der Waals surface area contributed by atoms with Gasteiger partial charge in [0.05, 0.1) is 59.3 Å². The molecule has 0 saturated carbocycles. The average molecular weight is 529 g/mol. The van der Waals surface area contributed by atoms with E-state index < -0.39 is 47.2 Å². The van der Waals surface area contributed by atoms with Gasteiger partial charge in [-0.2, -0.15) is 8.78 Å². The molecular weight excluding hydrogens is 497 g/mol. The monoisotopic (exact) mass is 529 g/mol. The minimum Gasteiger partial charge on any atom is -0.420 e. The lowest BCUT2D eigenvalue weighted by atomic mass is 10.1. The first-order chi connectivity index (χ1) is 17.1. The van der Waals surface area contributed by atoms with Crippen molar-refractivity contribution in [2.75, 3.05) is 59.4 Å². The number of amides is 1. The van der Waals surface area contributed by atoms with Crippen molar-refractivity contribution in [3.05, 3.63) is 29.1 Å². The van der Waals surface area contributed by atoms with Crippen molar-refractivity contribution < 1.29 is 55.2 Å². The molecule has 36 heavy (non-hydrogen) atoms. The molecule has 1 amide bonds. The lowest BCUT2D eigenvalue weighted by Gasteiger charge is -2.09. The fourth-order valence-electron chi connectivity index (χ4n) is 2.51. The van der Waals surface area contributed by atoms with Gasteiger partial charge in [-0.1, -0.05) is 13.8 Å². The maximum Gasteiger partial charge on any atom is 0.313 e. The van der Waals surface area contributed by atoms with Crippen molar-refractivity contribution in [1.29, 1.82) is 0 Å². The third-order valence-corrected chi connectivity index (χ3v) is 4.47. The second kappa shape index (κ2) is 18.0. The molecule has 8 nitrogen and oxygen atoms in total. The van der Waals surface area contributed by atoms with Crippen molar-refractivity contribution in [3.63, 3.8) is 0 Å². The van der Waals surface area contributed by atoms with E-state index in [4.69, 9.17) is 18.9 Å². The Labute approximate surface area is 206 Å². The molecule has 0 saturated heterocycles. The van der Waals surface area contributed by atoms with Gasteiger partial charge in [-0.15, -0.1) is 0 Å². The zero-order chi connectivity index (χ0) is 26.9. The number of carbonyl (C=O) groups excluding carboxylic acids is 2. The number of nitrogens with one attached hydrogen (secondary N) is 1. The number of halogens is 5. The Morgan fingerprint density at radius 2 is 1.08 bits per heavy atom. The number of benzene rings is 1. The van der Waals surface area contributed by atoms with E-state index in [9.17, 15) is 31.5 Å². The first-order valence-corrected chi connectivity index (χ1v) is 11.4. The average Bonchev–Trinajstić information content (AvgIpc) is 2.84. The number of hydrogen-bond donors (Lipinski definition) is 1. The predicted molar refractivity (Wildman–Crippen MR) is 117 cm³/mol. The Morgan fingerprint density at radius 1 is 0.667 bits per heavy atom. The summed E-state index contributed by atoms with van der Waals surface area (Å²) >= 11 is 0. The highest BCUT2D eigenvalue weighted by molar-refractivity contribution is 5.75. The van der Waals surface area contributed by atoms with Crippen molar-refractivity contribution in [1.82, 2.24) is 5.32 Å². The van der Waals surface area contributed by atoms with Gasteiger partial charge in [0.15, 0.2) is 0 Å². The van der Waals surface area contributed by atoms with E-state index in [1.807, 2.05) is 0 Å². The second-order valence-corrected chi connectivity index (χ2v) is 7.86. The second-order valence-electron chi connectivity index (χ2n) is 7.86. The molecule has 1 aromatic carbocycles. The molecule has 0 aromatic heterocycles. The Morgan fingerprint density at radius 3 is 1.56 bits per heavy atom. The first kappa shape index (κ1) is 31.7. The van der Waals surface area contributed by atoms with Crippen molar-refractivity contribution >= 4 is 11.9 Å². The van der Waals surface area contributed by atoms with Crippen LogP contribution in [0.5, 0.6) is 5.75 Å². The normalized spacial score (nSPS) is 11.2. The van der Waals surface area contributed by atoms with Crippen LogP contribution >= 0.6 is 0 Å². The van der Waals surface area contributed by atoms with E-state index >= 15 is 0 Å². The van der Waals surface area contributed by atoms with E-state index in [2.05, 4.69) is 23.9 Å². The van der Waals surface area contributed by atoms with Gasteiger partial charge in [-0.25, -0.2) is 13.2 Å². The summed E-state index contributed by atoms with van der Waals surface area (Å²) in [5.74, 6) is -13.6. The van der Waals surface area contributed by atoms with Crippen LogP contribution in [0.4, 0.5) is 22.0 Å². The Hall–Kier alpha value is -2.35. The first-order valence-electron chi connectivity index (χ1n) is 11.4. The van der Waals surface area contributed by atoms with E-state index in [0.717, 1.165) is 6.42 Å². The van der Waals surface area contributed by atoms with Crippen LogP contribution in [-0.2, 0) is 28.5 Å². The Balaban J connectivity index is 1.97. The molecule has 0 aliphatic heterocycles. The Kier molecular flexibility index (Phi) is 15.8. The SMILES string of the molecule is CC(C)CCNC(=O)CCOCCOCCOCCOCCC(=O)Oc1c(F)c(F)c(F)c(F)c1F. The summed E-state index contributed by atoms with van der Waals surface area (Å²) in [5.41, 5.74) is 0. The molecule has 0 unspecified atom stereocenters. The van der Waals surface area contributed by atoms with Crippen LogP contribution < -0.4 is 10.1 Å². The molecule has 0 heterocycles. The maximum absolute atomic E-state index is 13.5. The van der Waals surface area contributed by atoms with Gasteiger partial charge < -0.3 is 29.0 Å². The molecule has 0 aliphatic carbocycles. The minimum atomic E-state index is -2.35. The summed E-state index contributed by atoms with van der Waals surface area (Å²) in [6, 6.07) is 0. The predicted octanol–water partition coefficient (Wildman–Crippen LogP) is 3.30. The lowest BCUT2D eigenvalue weighted by molar-refractivity contribution is -0.136. The Bertz CT molecular complexity index is 798. The smallest absolute Gasteiger partial charge is 0.313 e.